The van der Waals surface area contributed by atoms with Crippen LogP contribution in [0.15, 0.2) is 43.0 Å². The smallest absolute Gasteiger partial charge is 0.316 e. The molecule has 0 fully saturated rings. The van der Waals surface area contributed by atoms with Crippen LogP contribution >= 0.6 is 0 Å². The first-order valence-corrected chi connectivity index (χ1v) is 19.7. The number of nitrogens with zero attached hydrogens (tertiary/aromatic N) is 3. The Morgan fingerprint density at radius 3 is 2.02 bits per heavy atom. The Morgan fingerprint density at radius 1 is 0.787 bits per heavy atom. The van der Waals surface area contributed by atoms with E-state index in [-0.39, 0.29) is 31.1 Å². The van der Waals surface area contributed by atoms with E-state index in [9.17, 15) is 4.55 Å². The summed E-state index contributed by atoms with van der Waals surface area (Å²) in [6.45, 7) is 5.23. The topological polar surface area (TPSA) is 101 Å². The number of aliphatic hydroxyl groups excluding tert-OH is 1. The first kappa shape index (κ1) is 43.5. The highest BCUT2D eigenvalue weighted by atomic mass is 35.5. The Hall–Kier alpha value is -1.49. The van der Waals surface area contributed by atoms with Gasteiger partial charge in [-0.1, -0.05) is 103 Å². The van der Waals surface area contributed by atoms with Crippen molar-refractivity contribution in [1.82, 2.24) is 9.97 Å². The third-order valence-electron chi connectivity index (χ3n) is 8.12. The number of aliphatic hydroxyl groups is 1. The molecule has 0 aliphatic rings. The molecule has 2 aromatic rings. The van der Waals surface area contributed by atoms with Gasteiger partial charge in [0.05, 0.1) is 13.2 Å². The second-order valence-corrected chi connectivity index (χ2v) is 14.0. The van der Waals surface area contributed by atoms with Crippen LogP contribution in [0.5, 0.6) is 6.01 Å². The quantitative estimate of drug-likeness (QED) is 0.0696. The summed E-state index contributed by atoms with van der Waals surface area (Å²) < 4.78 is 32.6. The third-order valence-corrected chi connectivity index (χ3v) is 9.49. The predicted octanol–water partition coefficient (Wildman–Crippen LogP) is 4.18. The van der Waals surface area contributed by atoms with Gasteiger partial charge < -0.3 is 36.3 Å². The van der Waals surface area contributed by atoms with E-state index in [1.54, 1.807) is 18.5 Å². The van der Waals surface area contributed by atoms with Gasteiger partial charge in [-0.2, -0.15) is 0 Å². The number of rotatable bonds is 32. The van der Waals surface area contributed by atoms with Crippen LogP contribution < -0.4 is 21.7 Å². The van der Waals surface area contributed by atoms with Crippen molar-refractivity contribution in [1.29, 1.82) is 0 Å². The molecule has 0 radical (unpaired) electrons. The Bertz CT molecular complexity index is 949. The molecule has 0 bridgehead atoms. The summed E-state index contributed by atoms with van der Waals surface area (Å²) in [7, 11) is 0. The minimum atomic E-state index is -1.11. The van der Waals surface area contributed by atoms with Crippen LogP contribution in [0.1, 0.15) is 122 Å². The number of aryl methyl sites for hydroxylation is 1. The van der Waals surface area contributed by atoms with Gasteiger partial charge >= 0.3 is 6.01 Å². The number of hydrogen-bond acceptors (Lipinski definition) is 7. The largest absolute Gasteiger partial charge is 1.00 e. The van der Waals surface area contributed by atoms with Crippen LogP contribution in [0.25, 0.3) is 0 Å². The monoisotopic (exact) mass is 697 g/mol. The molecule has 2 atom stereocenters. The highest BCUT2D eigenvalue weighted by molar-refractivity contribution is 7.91. The first-order chi connectivity index (χ1) is 22.7. The first-order valence-electron chi connectivity index (χ1n) is 18.2. The van der Waals surface area contributed by atoms with Gasteiger partial charge in [0.25, 0.3) is 0 Å². The fourth-order valence-electron chi connectivity index (χ4n) is 5.44. The van der Waals surface area contributed by atoms with E-state index in [0.717, 1.165) is 25.8 Å². The Morgan fingerprint density at radius 2 is 1.40 bits per heavy atom. The maximum absolute atomic E-state index is 12.8. The van der Waals surface area contributed by atoms with Gasteiger partial charge in [0.1, 0.15) is 18.1 Å². The van der Waals surface area contributed by atoms with Crippen LogP contribution in [0.3, 0.4) is 0 Å². The lowest BCUT2D eigenvalue weighted by molar-refractivity contribution is -0.698. The van der Waals surface area contributed by atoms with Crippen molar-refractivity contribution >= 4 is 11.2 Å². The molecule has 10 heteroatoms. The van der Waals surface area contributed by atoms with Gasteiger partial charge in [-0.15, -0.1) is 0 Å². The number of halogens is 1. The molecule has 270 valence electrons. The number of pyridine rings is 1. The van der Waals surface area contributed by atoms with E-state index < -0.39 is 11.2 Å². The second-order valence-electron chi connectivity index (χ2n) is 12.3. The molecular formula is C37H64ClN3O5S. The number of aromatic nitrogens is 3. The SMILES string of the molecule is CCCCCCCCCCCCCCCCCCOCC(C[S+]([O-])CCOCC[n+]1cccc(CCCO)c1)Oc1ncccn1.[Cl-]. The summed E-state index contributed by atoms with van der Waals surface area (Å²) in [5, 5.41) is 9.05. The number of ether oxygens (including phenoxy) is 3. The maximum Gasteiger partial charge on any atom is 0.316 e. The second kappa shape index (κ2) is 31.8. The van der Waals surface area contributed by atoms with E-state index in [1.807, 2.05) is 12.3 Å². The predicted molar refractivity (Wildman–Crippen MR) is 188 cm³/mol. The minimum Gasteiger partial charge on any atom is -1.00 e. The van der Waals surface area contributed by atoms with Crippen molar-refractivity contribution < 1.29 is 40.8 Å². The van der Waals surface area contributed by atoms with Crippen LogP contribution in [-0.2, 0) is 33.6 Å². The summed E-state index contributed by atoms with van der Waals surface area (Å²) >= 11 is -1.11. The van der Waals surface area contributed by atoms with Crippen molar-refractivity contribution in [2.45, 2.75) is 135 Å². The van der Waals surface area contributed by atoms with E-state index in [1.165, 1.54) is 102 Å². The third kappa shape index (κ3) is 25.2. The molecule has 1 N–H and O–H groups in total. The number of unbranched alkanes of at least 4 members (excludes halogenated alkanes) is 15. The van der Waals surface area contributed by atoms with E-state index in [4.69, 9.17) is 19.3 Å². The summed E-state index contributed by atoms with van der Waals surface area (Å²) in [6.07, 6.45) is 30.2. The molecule has 0 spiro atoms. The molecular weight excluding hydrogens is 634 g/mol. The van der Waals surface area contributed by atoms with Gasteiger partial charge in [-0.05, 0) is 42.6 Å². The van der Waals surface area contributed by atoms with Crippen molar-refractivity contribution in [3.8, 4) is 6.01 Å². The molecule has 0 aliphatic heterocycles. The zero-order chi connectivity index (χ0) is 32.8. The fraction of sp³-hybridized carbons (Fsp3) is 0.757. The Balaban J connectivity index is 0.0000110. The molecule has 0 aliphatic carbocycles. The molecule has 0 aromatic carbocycles. The van der Waals surface area contributed by atoms with E-state index >= 15 is 0 Å². The van der Waals surface area contributed by atoms with Crippen molar-refractivity contribution in [3.63, 3.8) is 0 Å². The van der Waals surface area contributed by atoms with Crippen LogP contribution in [0, 0.1) is 0 Å². The zero-order valence-electron chi connectivity index (χ0n) is 29.2. The van der Waals surface area contributed by atoms with E-state index in [2.05, 4.69) is 33.7 Å². The van der Waals surface area contributed by atoms with Crippen LogP contribution in [0.2, 0.25) is 0 Å². The normalized spacial score (nSPS) is 12.5. The summed E-state index contributed by atoms with van der Waals surface area (Å²) in [5.41, 5.74) is 1.20. The lowest BCUT2D eigenvalue weighted by Gasteiger charge is -2.20. The maximum atomic E-state index is 12.8. The number of hydrogen-bond donors (Lipinski definition) is 1. The Kier molecular flexibility index (Phi) is 29.4. The van der Waals surface area contributed by atoms with E-state index in [0.29, 0.717) is 37.9 Å². The van der Waals surface area contributed by atoms with Crippen LogP contribution in [-0.4, -0.2) is 70.3 Å². The van der Waals surface area contributed by atoms with Gasteiger partial charge in [-0.3, -0.25) is 0 Å². The Labute approximate surface area is 295 Å². The molecule has 0 saturated heterocycles. The average molecular weight is 698 g/mol. The van der Waals surface area contributed by atoms with Crippen molar-refractivity contribution in [2.24, 2.45) is 0 Å². The van der Waals surface area contributed by atoms with Gasteiger partial charge in [0, 0.05) is 37.2 Å². The molecule has 47 heavy (non-hydrogen) atoms. The molecule has 2 aromatic heterocycles. The average Bonchev–Trinajstić information content (AvgIpc) is 3.07. The van der Waals surface area contributed by atoms with Crippen molar-refractivity contribution in [3.05, 3.63) is 48.5 Å². The molecule has 2 unspecified atom stereocenters. The highest BCUT2D eigenvalue weighted by Crippen LogP contribution is 2.14. The lowest BCUT2D eigenvalue weighted by Crippen LogP contribution is -3.00. The molecule has 2 heterocycles. The molecule has 0 amide bonds. The lowest BCUT2D eigenvalue weighted by atomic mass is 10.0. The summed E-state index contributed by atoms with van der Waals surface area (Å²) in [5.74, 6) is 0.790. The van der Waals surface area contributed by atoms with Gasteiger partial charge in [-0.25, -0.2) is 14.5 Å². The molecule has 0 saturated carbocycles. The highest BCUT2D eigenvalue weighted by Gasteiger charge is 2.20. The van der Waals surface area contributed by atoms with Gasteiger partial charge in [0.15, 0.2) is 25.0 Å². The zero-order valence-corrected chi connectivity index (χ0v) is 30.8. The van der Waals surface area contributed by atoms with Crippen LogP contribution in [0.4, 0.5) is 0 Å². The van der Waals surface area contributed by atoms with Crippen molar-refractivity contribution in [2.75, 3.05) is 44.5 Å². The summed E-state index contributed by atoms with van der Waals surface area (Å²) in [4.78, 5) is 8.33. The fourth-order valence-corrected chi connectivity index (χ4v) is 6.49. The molecule has 8 nitrogen and oxygen atoms in total. The van der Waals surface area contributed by atoms with Gasteiger partial charge in [0.2, 0.25) is 0 Å². The standard InChI is InChI=1S/C37H64N3O5S.ClH/c1-2-3-4-5-6-7-8-9-10-11-12-13-14-15-16-17-28-44-33-36(45-37-38-23-20-24-39-37)34-46(42)31-30-43-29-26-40-25-18-21-35(32-40)22-19-27-41;/h18,20-21,23-25,32,36,41H,2-17,19,22,26-31,33-34H2,1H3;1H/q+1;/p-1. The molecule has 2 rings (SSSR count). The minimum absolute atomic E-state index is 0. The summed E-state index contributed by atoms with van der Waals surface area (Å²) in [6, 6.07) is 6.11.